The van der Waals surface area contributed by atoms with Crippen molar-refractivity contribution in [3.8, 4) is 0 Å². The van der Waals surface area contributed by atoms with Gasteiger partial charge in [-0.1, -0.05) is 12.1 Å². The van der Waals surface area contributed by atoms with E-state index >= 15 is 0 Å². The van der Waals surface area contributed by atoms with Crippen molar-refractivity contribution < 1.29 is 4.39 Å². The summed E-state index contributed by atoms with van der Waals surface area (Å²) in [5, 5.41) is 4.01. The third-order valence-electron chi connectivity index (χ3n) is 2.04. The zero-order valence-corrected chi connectivity index (χ0v) is 8.65. The molecule has 0 radical (unpaired) electrons. The zero-order chi connectivity index (χ0) is 10.7. The van der Waals surface area contributed by atoms with Crippen molar-refractivity contribution in [3.63, 3.8) is 0 Å². The van der Waals surface area contributed by atoms with Gasteiger partial charge in [0, 0.05) is 0 Å². The van der Waals surface area contributed by atoms with Gasteiger partial charge < -0.3 is 0 Å². The molecule has 0 fully saturated rings. The molecule has 0 aliphatic rings. The quantitative estimate of drug-likeness (QED) is 0.750. The first-order valence-corrected chi connectivity index (χ1v) is 5.00. The Hall–Kier alpha value is -1.42. The van der Waals surface area contributed by atoms with E-state index in [9.17, 15) is 4.39 Å². The van der Waals surface area contributed by atoms with Crippen LogP contribution in [0, 0.1) is 5.82 Å². The Labute approximate surface area is 91.5 Å². The van der Waals surface area contributed by atoms with Gasteiger partial charge in [-0.05, 0) is 17.7 Å². The fourth-order valence-corrected chi connectivity index (χ4v) is 1.54. The maximum atomic E-state index is 12.9. The maximum Gasteiger partial charge on any atom is 0.142 e. The van der Waals surface area contributed by atoms with Gasteiger partial charge in [-0.25, -0.2) is 14.1 Å². The molecule has 0 aliphatic heterocycles. The Bertz CT molecular complexity index is 455. The maximum absolute atomic E-state index is 12.9. The molecule has 0 unspecified atom stereocenters. The molecule has 0 atom stereocenters. The second kappa shape index (κ2) is 4.40. The van der Waals surface area contributed by atoms with Gasteiger partial charge in [-0.3, -0.25) is 0 Å². The van der Waals surface area contributed by atoms with E-state index in [4.69, 9.17) is 11.6 Å². The summed E-state index contributed by atoms with van der Waals surface area (Å²) in [6, 6.07) is 6.39. The van der Waals surface area contributed by atoms with Crippen LogP contribution in [-0.4, -0.2) is 14.8 Å². The fourth-order valence-electron chi connectivity index (χ4n) is 1.33. The largest absolute Gasteiger partial charge is 0.244 e. The molecule has 2 rings (SSSR count). The second-order valence-corrected chi connectivity index (χ2v) is 3.36. The Balaban J connectivity index is 2.22. The minimum atomic E-state index is -0.250. The van der Waals surface area contributed by atoms with Gasteiger partial charge in [0.2, 0.25) is 0 Å². The molecule has 0 spiro atoms. The predicted octanol–water partition coefficient (Wildman–Crippen LogP) is 2.20. The molecule has 78 valence electrons. The van der Waals surface area contributed by atoms with Crippen LogP contribution in [0.2, 0.25) is 0 Å². The highest BCUT2D eigenvalue weighted by atomic mass is 35.5. The van der Waals surface area contributed by atoms with Crippen LogP contribution >= 0.6 is 11.6 Å². The molecule has 1 aromatic carbocycles. The van der Waals surface area contributed by atoms with Crippen molar-refractivity contribution in [2.75, 3.05) is 0 Å². The summed E-state index contributed by atoms with van der Waals surface area (Å²) < 4.78 is 14.6. The van der Waals surface area contributed by atoms with E-state index in [2.05, 4.69) is 10.1 Å². The molecule has 2 aromatic rings. The highest BCUT2D eigenvalue weighted by Gasteiger charge is 2.03. The molecule has 0 saturated carbocycles. The molecule has 0 bridgehead atoms. The van der Waals surface area contributed by atoms with E-state index in [1.807, 2.05) is 6.07 Å². The van der Waals surface area contributed by atoms with Gasteiger partial charge in [-0.15, -0.1) is 11.6 Å². The molecular weight excluding hydrogens is 217 g/mol. The molecule has 0 saturated heterocycles. The number of aromatic nitrogens is 3. The highest BCUT2D eigenvalue weighted by molar-refractivity contribution is 6.16. The van der Waals surface area contributed by atoms with E-state index in [1.54, 1.807) is 10.7 Å². The summed E-state index contributed by atoms with van der Waals surface area (Å²) >= 11 is 5.67. The minimum Gasteiger partial charge on any atom is -0.244 e. The lowest BCUT2D eigenvalue weighted by molar-refractivity contribution is 0.615. The van der Waals surface area contributed by atoms with Gasteiger partial charge in [-0.2, -0.15) is 5.10 Å². The normalized spacial score (nSPS) is 10.5. The fraction of sp³-hybridized carbons (Fsp3) is 0.200. The minimum absolute atomic E-state index is 0.250. The predicted molar refractivity (Wildman–Crippen MR) is 55.1 cm³/mol. The van der Waals surface area contributed by atoms with E-state index in [-0.39, 0.29) is 5.82 Å². The molecule has 0 N–H and O–H groups in total. The number of nitrogens with zero attached hydrogens (tertiary/aromatic N) is 3. The Morgan fingerprint density at radius 3 is 3.00 bits per heavy atom. The number of alkyl halides is 1. The Morgan fingerprint density at radius 1 is 1.40 bits per heavy atom. The first-order chi connectivity index (χ1) is 7.29. The summed E-state index contributed by atoms with van der Waals surface area (Å²) in [4.78, 5) is 3.98. The highest BCUT2D eigenvalue weighted by Crippen LogP contribution is 2.07. The van der Waals surface area contributed by atoms with Crippen molar-refractivity contribution >= 4 is 11.6 Å². The van der Waals surface area contributed by atoms with Gasteiger partial charge in [0.15, 0.2) is 0 Å². The molecule has 0 amide bonds. The van der Waals surface area contributed by atoms with Crippen LogP contribution in [0.1, 0.15) is 11.4 Å². The lowest BCUT2D eigenvalue weighted by atomic mass is 10.2. The first-order valence-electron chi connectivity index (χ1n) is 4.46. The monoisotopic (exact) mass is 225 g/mol. The third kappa shape index (κ3) is 2.33. The summed E-state index contributed by atoms with van der Waals surface area (Å²) in [6.07, 6.45) is 1.44. The van der Waals surface area contributed by atoms with Crippen LogP contribution in [0.15, 0.2) is 30.6 Å². The van der Waals surface area contributed by atoms with Gasteiger partial charge in [0.05, 0.1) is 12.4 Å². The average molecular weight is 226 g/mol. The van der Waals surface area contributed by atoms with Crippen molar-refractivity contribution in [2.45, 2.75) is 12.4 Å². The van der Waals surface area contributed by atoms with Crippen molar-refractivity contribution in [1.29, 1.82) is 0 Å². The number of halogens is 2. The van der Waals surface area contributed by atoms with Crippen molar-refractivity contribution in [2.24, 2.45) is 0 Å². The van der Waals surface area contributed by atoms with E-state index < -0.39 is 0 Å². The van der Waals surface area contributed by atoms with Crippen LogP contribution in [0.3, 0.4) is 0 Å². The number of hydrogen-bond acceptors (Lipinski definition) is 2. The first kappa shape index (κ1) is 10.1. The van der Waals surface area contributed by atoms with Gasteiger partial charge in [0.1, 0.15) is 18.0 Å². The van der Waals surface area contributed by atoms with Crippen LogP contribution in [0.25, 0.3) is 0 Å². The number of hydrogen-bond donors (Lipinski definition) is 0. The molecule has 15 heavy (non-hydrogen) atoms. The lowest BCUT2D eigenvalue weighted by Crippen LogP contribution is -2.05. The Kier molecular flexibility index (Phi) is 2.97. The van der Waals surface area contributed by atoms with E-state index in [0.717, 1.165) is 5.56 Å². The van der Waals surface area contributed by atoms with Crippen LogP contribution in [0.5, 0.6) is 0 Å². The molecule has 3 nitrogen and oxygen atoms in total. The topological polar surface area (TPSA) is 30.7 Å². The van der Waals surface area contributed by atoms with Crippen molar-refractivity contribution in [1.82, 2.24) is 14.8 Å². The second-order valence-electron chi connectivity index (χ2n) is 3.10. The molecule has 5 heteroatoms. The molecule has 1 aromatic heterocycles. The average Bonchev–Trinajstić information content (AvgIpc) is 2.65. The van der Waals surface area contributed by atoms with Crippen LogP contribution < -0.4 is 0 Å². The van der Waals surface area contributed by atoms with Gasteiger partial charge in [0.25, 0.3) is 0 Å². The van der Waals surface area contributed by atoms with Crippen LogP contribution in [0.4, 0.5) is 4.39 Å². The van der Waals surface area contributed by atoms with Crippen LogP contribution in [-0.2, 0) is 12.4 Å². The van der Waals surface area contributed by atoms with Gasteiger partial charge >= 0.3 is 0 Å². The number of rotatable bonds is 3. The lowest BCUT2D eigenvalue weighted by Gasteiger charge is -2.03. The van der Waals surface area contributed by atoms with E-state index in [1.165, 1.54) is 18.5 Å². The molecule has 1 heterocycles. The Morgan fingerprint density at radius 2 is 2.27 bits per heavy atom. The molecule has 0 aliphatic carbocycles. The smallest absolute Gasteiger partial charge is 0.142 e. The van der Waals surface area contributed by atoms with Crippen molar-refractivity contribution in [3.05, 3.63) is 47.8 Å². The van der Waals surface area contributed by atoms with E-state index in [0.29, 0.717) is 18.2 Å². The molecular formula is C10H9ClFN3. The summed E-state index contributed by atoms with van der Waals surface area (Å²) in [7, 11) is 0. The third-order valence-corrected chi connectivity index (χ3v) is 2.28. The number of benzene rings is 1. The zero-order valence-electron chi connectivity index (χ0n) is 7.90. The SMILES string of the molecule is Fc1cccc(Cn2ncnc2CCl)c1. The summed E-state index contributed by atoms with van der Waals surface area (Å²) in [6.45, 7) is 0.486. The summed E-state index contributed by atoms with van der Waals surface area (Å²) in [5.74, 6) is 0.732. The standard InChI is InChI=1S/C10H9ClFN3/c11-5-10-13-7-14-15(10)6-8-2-1-3-9(12)4-8/h1-4,7H,5-6H2. The summed E-state index contributed by atoms with van der Waals surface area (Å²) in [5.41, 5.74) is 0.840.